The number of aromatic nitrogens is 1. The first kappa shape index (κ1) is 16.3. The lowest BCUT2D eigenvalue weighted by molar-refractivity contribution is -0.125. The van der Waals surface area contributed by atoms with Crippen molar-refractivity contribution in [2.24, 2.45) is 16.3 Å². The molecule has 1 saturated heterocycles. The fourth-order valence-electron chi connectivity index (χ4n) is 4.99. The Kier molecular flexibility index (Phi) is 4.52. The highest BCUT2D eigenvalue weighted by molar-refractivity contribution is 7.09. The van der Waals surface area contributed by atoms with Gasteiger partial charge in [0, 0.05) is 41.6 Å². The summed E-state index contributed by atoms with van der Waals surface area (Å²) < 4.78 is 6.08. The van der Waals surface area contributed by atoms with Gasteiger partial charge < -0.3 is 15.4 Å². The normalized spacial score (nSPS) is 31.1. The van der Waals surface area contributed by atoms with Crippen molar-refractivity contribution in [3.05, 3.63) is 16.1 Å². The Hall–Kier alpha value is -1.14. The predicted octanol–water partition coefficient (Wildman–Crippen LogP) is 2.85. The van der Waals surface area contributed by atoms with E-state index in [1.807, 2.05) is 6.92 Å². The Bertz CT molecular complexity index is 608. The maximum atomic E-state index is 6.08. The zero-order valence-electron chi connectivity index (χ0n) is 14.7. The van der Waals surface area contributed by atoms with Crippen LogP contribution in [-0.4, -0.2) is 36.2 Å². The van der Waals surface area contributed by atoms with E-state index < -0.39 is 0 Å². The number of guanidine groups is 1. The number of hydrogen-bond donors (Lipinski definition) is 2. The summed E-state index contributed by atoms with van der Waals surface area (Å²) in [5.41, 5.74) is 1.44. The summed E-state index contributed by atoms with van der Waals surface area (Å²) in [4.78, 5) is 9.31. The zero-order valence-corrected chi connectivity index (χ0v) is 15.5. The van der Waals surface area contributed by atoms with Crippen LogP contribution >= 0.6 is 11.3 Å². The highest BCUT2D eigenvalue weighted by atomic mass is 32.1. The topological polar surface area (TPSA) is 58.5 Å². The molecular formula is C18H28N4OS. The van der Waals surface area contributed by atoms with Gasteiger partial charge in [-0.25, -0.2) is 9.98 Å². The van der Waals surface area contributed by atoms with E-state index in [2.05, 4.69) is 27.9 Å². The average molecular weight is 349 g/mol. The molecular weight excluding hydrogens is 320 g/mol. The number of nitrogens with zero attached hydrogens (tertiary/aromatic N) is 2. The van der Waals surface area contributed by atoms with Gasteiger partial charge in [0.2, 0.25) is 0 Å². The molecule has 2 aliphatic carbocycles. The summed E-state index contributed by atoms with van der Waals surface area (Å²) in [6.07, 6.45) is 6.97. The van der Waals surface area contributed by atoms with Crippen LogP contribution in [0.4, 0.5) is 0 Å². The molecule has 0 bridgehead atoms. The van der Waals surface area contributed by atoms with Crippen LogP contribution in [-0.2, 0) is 11.3 Å². The van der Waals surface area contributed by atoms with E-state index in [0.29, 0.717) is 30.0 Å². The second-order valence-electron chi connectivity index (χ2n) is 7.38. The van der Waals surface area contributed by atoms with E-state index in [4.69, 9.17) is 9.73 Å². The van der Waals surface area contributed by atoms with Crippen molar-refractivity contribution >= 4 is 17.3 Å². The van der Waals surface area contributed by atoms with Gasteiger partial charge in [0.05, 0.1) is 12.6 Å². The molecule has 1 spiro atoms. The van der Waals surface area contributed by atoms with Gasteiger partial charge in [0.25, 0.3) is 0 Å². The number of hydrogen-bond acceptors (Lipinski definition) is 4. The highest BCUT2D eigenvalue weighted by Crippen LogP contribution is 2.60. The first-order valence-electron chi connectivity index (χ1n) is 9.30. The van der Waals surface area contributed by atoms with Crippen molar-refractivity contribution in [1.82, 2.24) is 15.6 Å². The summed E-state index contributed by atoms with van der Waals surface area (Å²) >= 11 is 1.69. The van der Waals surface area contributed by atoms with Crippen molar-refractivity contribution < 1.29 is 4.74 Å². The van der Waals surface area contributed by atoms with Crippen molar-refractivity contribution in [1.29, 1.82) is 0 Å². The van der Waals surface area contributed by atoms with Crippen molar-refractivity contribution in [3.63, 3.8) is 0 Å². The van der Waals surface area contributed by atoms with Crippen LogP contribution in [0.25, 0.3) is 0 Å². The fourth-order valence-corrected chi connectivity index (χ4v) is 5.69. The first-order valence-corrected chi connectivity index (χ1v) is 10.2. The van der Waals surface area contributed by atoms with E-state index in [1.165, 1.54) is 32.1 Å². The molecule has 2 heterocycles. The second kappa shape index (κ2) is 6.64. The smallest absolute Gasteiger partial charge is 0.191 e. The van der Waals surface area contributed by atoms with Gasteiger partial charge in [-0.15, -0.1) is 11.3 Å². The predicted molar refractivity (Wildman–Crippen MR) is 97.3 cm³/mol. The maximum absolute atomic E-state index is 6.08. The number of ether oxygens (including phenoxy) is 1. The van der Waals surface area contributed by atoms with Gasteiger partial charge in [-0.1, -0.05) is 12.8 Å². The molecule has 0 amide bonds. The van der Waals surface area contributed by atoms with Gasteiger partial charge in [0.1, 0.15) is 5.01 Å². The third-order valence-corrected chi connectivity index (χ3v) is 6.91. The Morgan fingerprint density at radius 3 is 3.00 bits per heavy atom. The molecule has 3 unspecified atom stereocenters. The Morgan fingerprint density at radius 1 is 1.46 bits per heavy atom. The average Bonchev–Trinajstić information content (AvgIpc) is 3.29. The van der Waals surface area contributed by atoms with E-state index in [1.54, 1.807) is 11.3 Å². The lowest BCUT2D eigenvalue weighted by atomic mass is 9.54. The molecule has 3 fully saturated rings. The number of nitrogens with one attached hydrogen (secondary N) is 2. The molecule has 0 aromatic carbocycles. The van der Waals surface area contributed by atoms with E-state index in [-0.39, 0.29) is 0 Å². The lowest BCUT2D eigenvalue weighted by Gasteiger charge is -2.57. The Balaban J connectivity index is 1.47. The quantitative estimate of drug-likeness (QED) is 0.649. The molecule has 24 heavy (non-hydrogen) atoms. The molecule has 132 valence electrons. The van der Waals surface area contributed by atoms with Crippen LogP contribution in [0.15, 0.2) is 10.4 Å². The summed E-state index contributed by atoms with van der Waals surface area (Å²) in [5, 5.41) is 10.4. The monoisotopic (exact) mass is 348 g/mol. The molecule has 0 radical (unpaired) electrons. The minimum atomic E-state index is 0.356. The number of rotatable bonds is 4. The number of fused-ring (bicyclic) bond motifs is 2. The second-order valence-corrected chi connectivity index (χ2v) is 8.33. The van der Waals surface area contributed by atoms with Crippen molar-refractivity contribution in [2.45, 2.75) is 64.6 Å². The summed E-state index contributed by atoms with van der Waals surface area (Å²) in [5.74, 6) is 1.60. The maximum Gasteiger partial charge on any atom is 0.191 e. The van der Waals surface area contributed by atoms with Gasteiger partial charge in [-0.3, -0.25) is 0 Å². The van der Waals surface area contributed by atoms with Gasteiger partial charge in [-0.05, 0) is 33.1 Å². The fraction of sp³-hybridized carbons (Fsp3) is 0.778. The molecule has 3 aliphatic rings. The third kappa shape index (κ3) is 2.73. The van der Waals surface area contributed by atoms with E-state index >= 15 is 0 Å². The zero-order chi connectivity index (χ0) is 16.6. The van der Waals surface area contributed by atoms with Crippen LogP contribution in [0, 0.1) is 18.3 Å². The van der Waals surface area contributed by atoms with Crippen LogP contribution in [0.5, 0.6) is 0 Å². The standard InChI is InChI=1S/C18H28N4OS/c1-3-19-17(20-10-14-21-12(2)11-24-14)22-15-13-6-9-23-16(13)18(15)7-4-5-8-18/h11,13,15-16H,3-10H2,1-2H3,(H2,19,20,22). The minimum absolute atomic E-state index is 0.356. The largest absolute Gasteiger partial charge is 0.377 e. The summed E-state index contributed by atoms with van der Waals surface area (Å²) in [6, 6.07) is 0.517. The molecule has 2 N–H and O–H groups in total. The van der Waals surface area contributed by atoms with Gasteiger partial charge >= 0.3 is 0 Å². The molecule has 2 saturated carbocycles. The molecule has 4 rings (SSSR count). The number of aryl methyl sites for hydroxylation is 1. The molecule has 6 heteroatoms. The van der Waals surface area contributed by atoms with Crippen molar-refractivity contribution in [2.75, 3.05) is 13.2 Å². The Morgan fingerprint density at radius 2 is 2.29 bits per heavy atom. The number of aliphatic imine (C=N–C) groups is 1. The van der Waals surface area contributed by atoms with Crippen molar-refractivity contribution in [3.8, 4) is 0 Å². The van der Waals surface area contributed by atoms with Crippen LogP contribution in [0.3, 0.4) is 0 Å². The molecule has 1 aliphatic heterocycles. The molecule has 1 aromatic rings. The SMILES string of the molecule is CCNC(=NCc1nc(C)cs1)NC1C2CCOC2C12CCCC2. The summed E-state index contributed by atoms with van der Waals surface area (Å²) in [7, 11) is 0. The van der Waals surface area contributed by atoms with Gasteiger partial charge in [-0.2, -0.15) is 0 Å². The number of thiazole rings is 1. The minimum Gasteiger partial charge on any atom is -0.377 e. The first-order chi connectivity index (χ1) is 11.7. The molecule has 1 aromatic heterocycles. The van der Waals surface area contributed by atoms with E-state index in [9.17, 15) is 0 Å². The van der Waals surface area contributed by atoms with Gasteiger partial charge in [0.15, 0.2) is 5.96 Å². The van der Waals surface area contributed by atoms with Crippen LogP contribution < -0.4 is 10.6 Å². The summed E-state index contributed by atoms with van der Waals surface area (Å²) in [6.45, 7) is 6.62. The lowest BCUT2D eigenvalue weighted by Crippen LogP contribution is -2.69. The van der Waals surface area contributed by atoms with Crippen LogP contribution in [0.1, 0.15) is 49.7 Å². The third-order valence-electron chi connectivity index (χ3n) is 5.96. The van der Waals surface area contributed by atoms with E-state index in [0.717, 1.165) is 29.8 Å². The Labute approximate surface area is 148 Å². The molecule has 5 nitrogen and oxygen atoms in total. The molecule has 3 atom stereocenters. The van der Waals surface area contributed by atoms with Crippen LogP contribution in [0.2, 0.25) is 0 Å². The highest BCUT2D eigenvalue weighted by Gasteiger charge is 2.65.